The van der Waals surface area contributed by atoms with Gasteiger partial charge in [0.1, 0.15) is 18.4 Å². The van der Waals surface area contributed by atoms with Crippen LogP contribution in [0.1, 0.15) is 11.3 Å². The molecule has 1 N–H and O–H groups in total. The highest BCUT2D eigenvalue weighted by molar-refractivity contribution is 5.75. The van der Waals surface area contributed by atoms with Gasteiger partial charge in [0.2, 0.25) is 5.91 Å². The Morgan fingerprint density at radius 2 is 2.18 bits per heavy atom. The number of para-hydroxylation sites is 1. The van der Waals surface area contributed by atoms with Crippen LogP contribution in [-0.2, 0) is 17.8 Å². The molecule has 6 heteroatoms. The van der Waals surface area contributed by atoms with Gasteiger partial charge in [0.25, 0.3) is 5.56 Å². The summed E-state index contributed by atoms with van der Waals surface area (Å²) in [5.41, 5.74) is 1.56. The maximum absolute atomic E-state index is 11.9. The Labute approximate surface area is 127 Å². The van der Waals surface area contributed by atoms with Gasteiger partial charge in [-0.2, -0.15) is 5.10 Å². The first-order valence-corrected chi connectivity index (χ1v) is 7.18. The normalized spacial score (nSPS) is 16.0. The minimum absolute atomic E-state index is 0.0662. The number of hydrogen-bond acceptors (Lipinski definition) is 4. The molecule has 3 rings (SSSR count). The van der Waals surface area contributed by atoms with Crippen molar-refractivity contribution in [3.8, 4) is 5.75 Å². The van der Waals surface area contributed by atoms with Crippen LogP contribution in [0.4, 0.5) is 0 Å². The van der Waals surface area contributed by atoms with Crippen LogP contribution in [0, 0.1) is 6.92 Å². The Hall–Kier alpha value is -2.63. The second-order valence-corrected chi connectivity index (χ2v) is 5.33. The highest BCUT2D eigenvalue weighted by Crippen LogP contribution is 2.27. The first-order valence-electron chi connectivity index (χ1n) is 7.18. The Bertz CT molecular complexity index is 729. The van der Waals surface area contributed by atoms with Crippen molar-refractivity contribution in [2.75, 3.05) is 6.54 Å². The zero-order valence-electron chi connectivity index (χ0n) is 12.3. The molecule has 0 saturated carbocycles. The highest BCUT2D eigenvalue weighted by atomic mass is 16.5. The molecule has 0 unspecified atom stereocenters. The molecule has 6 nitrogen and oxygen atoms in total. The number of aryl methyl sites for hydroxylation is 1. The van der Waals surface area contributed by atoms with Crippen molar-refractivity contribution in [2.45, 2.75) is 26.0 Å². The summed E-state index contributed by atoms with van der Waals surface area (Å²) in [7, 11) is 0. The van der Waals surface area contributed by atoms with Crippen molar-refractivity contribution < 1.29 is 9.53 Å². The second kappa shape index (κ2) is 6.01. The van der Waals surface area contributed by atoms with Crippen LogP contribution in [0.15, 0.2) is 41.2 Å². The van der Waals surface area contributed by atoms with Crippen LogP contribution in [0.5, 0.6) is 5.75 Å². The van der Waals surface area contributed by atoms with Crippen LogP contribution >= 0.6 is 0 Å². The number of carbonyl (C=O) groups excluding carboxylic acids is 1. The van der Waals surface area contributed by atoms with E-state index in [4.69, 9.17) is 4.74 Å². The molecule has 1 aromatic carbocycles. The zero-order chi connectivity index (χ0) is 15.5. The molecule has 1 aromatic heterocycles. The molecular formula is C16H17N3O3. The van der Waals surface area contributed by atoms with Gasteiger partial charge in [-0.1, -0.05) is 18.2 Å². The predicted octanol–water partition coefficient (Wildman–Crippen LogP) is 0.672. The van der Waals surface area contributed by atoms with E-state index in [0.717, 1.165) is 22.4 Å². The lowest BCUT2D eigenvalue weighted by atomic mass is 10.1. The lowest BCUT2D eigenvalue weighted by Gasteiger charge is -2.12. The summed E-state index contributed by atoms with van der Waals surface area (Å²) in [4.78, 5) is 23.6. The number of carbonyl (C=O) groups is 1. The molecule has 0 spiro atoms. The van der Waals surface area contributed by atoms with E-state index in [1.807, 2.05) is 24.3 Å². The predicted molar refractivity (Wildman–Crippen MR) is 80.8 cm³/mol. The SMILES string of the molecule is Cc1ccc(=O)n(CC(=O)NC[C@H]2Cc3ccccc3O2)n1. The van der Waals surface area contributed by atoms with Gasteiger partial charge >= 0.3 is 0 Å². The Balaban J connectivity index is 1.53. The molecular weight excluding hydrogens is 282 g/mol. The maximum atomic E-state index is 11.9. The van der Waals surface area contributed by atoms with Crippen molar-refractivity contribution in [3.05, 3.63) is 58.0 Å². The monoisotopic (exact) mass is 299 g/mol. The van der Waals surface area contributed by atoms with Crippen molar-refractivity contribution >= 4 is 5.91 Å². The van der Waals surface area contributed by atoms with E-state index in [0.29, 0.717) is 12.2 Å². The van der Waals surface area contributed by atoms with E-state index >= 15 is 0 Å². The second-order valence-electron chi connectivity index (χ2n) is 5.33. The molecule has 1 atom stereocenters. The largest absolute Gasteiger partial charge is 0.488 e. The molecule has 1 amide bonds. The first kappa shape index (κ1) is 14.3. The molecule has 22 heavy (non-hydrogen) atoms. The molecule has 0 radical (unpaired) electrons. The molecule has 0 aliphatic carbocycles. The molecule has 0 saturated heterocycles. The van der Waals surface area contributed by atoms with Crippen LogP contribution in [-0.4, -0.2) is 28.3 Å². The van der Waals surface area contributed by atoms with Gasteiger partial charge in [-0.3, -0.25) is 9.59 Å². The standard InChI is InChI=1S/C16H17N3O3/c1-11-6-7-16(21)19(18-11)10-15(20)17-9-13-8-12-4-2-3-5-14(12)22-13/h2-7,13H,8-10H2,1H3,(H,17,20)/t13-/m1/s1. The third-order valence-electron chi connectivity index (χ3n) is 3.53. The molecule has 114 valence electrons. The zero-order valence-corrected chi connectivity index (χ0v) is 12.3. The van der Waals surface area contributed by atoms with E-state index in [-0.39, 0.29) is 24.1 Å². The number of ether oxygens (including phenoxy) is 1. The van der Waals surface area contributed by atoms with Gasteiger partial charge in [0.05, 0.1) is 12.2 Å². The first-order chi connectivity index (χ1) is 10.6. The van der Waals surface area contributed by atoms with Crippen LogP contribution in [0.2, 0.25) is 0 Å². The third-order valence-corrected chi connectivity index (χ3v) is 3.53. The average Bonchev–Trinajstić information content (AvgIpc) is 2.92. The minimum atomic E-state index is -0.287. The average molecular weight is 299 g/mol. The fraction of sp³-hybridized carbons (Fsp3) is 0.312. The summed E-state index contributed by atoms with van der Waals surface area (Å²) in [5, 5.41) is 6.83. The smallest absolute Gasteiger partial charge is 0.267 e. The topological polar surface area (TPSA) is 73.2 Å². The molecule has 1 aliphatic heterocycles. The Morgan fingerprint density at radius 1 is 1.36 bits per heavy atom. The van der Waals surface area contributed by atoms with Gasteiger partial charge in [-0.15, -0.1) is 0 Å². The fourth-order valence-electron chi connectivity index (χ4n) is 2.45. The van der Waals surface area contributed by atoms with E-state index in [2.05, 4.69) is 10.4 Å². The van der Waals surface area contributed by atoms with Gasteiger partial charge in [0, 0.05) is 12.5 Å². The highest BCUT2D eigenvalue weighted by Gasteiger charge is 2.22. The van der Waals surface area contributed by atoms with Crippen LogP contribution in [0.3, 0.4) is 0 Å². The number of nitrogens with zero attached hydrogens (tertiary/aromatic N) is 2. The molecule has 1 aliphatic rings. The Kier molecular flexibility index (Phi) is 3.91. The number of aromatic nitrogens is 2. The quantitative estimate of drug-likeness (QED) is 0.900. The third kappa shape index (κ3) is 3.16. The molecule has 2 aromatic rings. The molecule has 0 bridgehead atoms. The molecule has 0 fully saturated rings. The summed E-state index contributed by atoms with van der Waals surface area (Å²) in [6, 6.07) is 10.9. The minimum Gasteiger partial charge on any atom is -0.488 e. The summed E-state index contributed by atoms with van der Waals surface area (Å²) in [6.07, 6.45) is 0.711. The van der Waals surface area contributed by atoms with E-state index in [1.165, 1.54) is 6.07 Å². The number of fused-ring (bicyclic) bond motifs is 1. The number of benzene rings is 1. The summed E-state index contributed by atoms with van der Waals surface area (Å²) in [5.74, 6) is 0.623. The Morgan fingerprint density at radius 3 is 3.00 bits per heavy atom. The summed E-state index contributed by atoms with van der Waals surface area (Å²) < 4.78 is 6.91. The lowest BCUT2D eigenvalue weighted by Crippen LogP contribution is -2.38. The van der Waals surface area contributed by atoms with Crippen LogP contribution < -0.4 is 15.6 Å². The van der Waals surface area contributed by atoms with E-state index in [1.54, 1.807) is 13.0 Å². The van der Waals surface area contributed by atoms with Gasteiger partial charge in [-0.25, -0.2) is 4.68 Å². The van der Waals surface area contributed by atoms with Crippen LogP contribution in [0.25, 0.3) is 0 Å². The van der Waals surface area contributed by atoms with Crippen molar-refractivity contribution in [1.29, 1.82) is 0 Å². The van der Waals surface area contributed by atoms with Crippen molar-refractivity contribution in [2.24, 2.45) is 0 Å². The lowest BCUT2D eigenvalue weighted by molar-refractivity contribution is -0.122. The number of nitrogens with one attached hydrogen (secondary N) is 1. The summed E-state index contributed by atoms with van der Waals surface area (Å²) >= 11 is 0. The van der Waals surface area contributed by atoms with Gasteiger partial charge in [-0.05, 0) is 24.6 Å². The van der Waals surface area contributed by atoms with Gasteiger partial charge in [0.15, 0.2) is 0 Å². The number of hydrogen-bond donors (Lipinski definition) is 1. The van der Waals surface area contributed by atoms with E-state index < -0.39 is 0 Å². The fourth-order valence-corrected chi connectivity index (χ4v) is 2.45. The summed E-state index contributed by atoms with van der Waals surface area (Å²) in [6.45, 7) is 2.10. The maximum Gasteiger partial charge on any atom is 0.267 e. The number of amides is 1. The number of rotatable bonds is 4. The molecule has 2 heterocycles. The van der Waals surface area contributed by atoms with E-state index in [9.17, 15) is 9.59 Å². The van der Waals surface area contributed by atoms with Crippen molar-refractivity contribution in [1.82, 2.24) is 15.1 Å². The van der Waals surface area contributed by atoms with Crippen molar-refractivity contribution in [3.63, 3.8) is 0 Å². The van der Waals surface area contributed by atoms with Gasteiger partial charge < -0.3 is 10.1 Å².